The van der Waals surface area contributed by atoms with Crippen LogP contribution in [-0.4, -0.2) is 25.1 Å². The molecule has 4 heterocycles. The predicted molar refractivity (Wildman–Crippen MR) is 125 cm³/mol. The fourth-order valence-electron chi connectivity index (χ4n) is 3.14. The van der Waals surface area contributed by atoms with Crippen molar-refractivity contribution >= 4 is 48.1 Å². The highest BCUT2D eigenvalue weighted by atomic mass is 15.1. The van der Waals surface area contributed by atoms with E-state index >= 15 is 0 Å². The number of nitrogens with one attached hydrogen (secondary N) is 2. The Morgan fingerprint density at radius 2 is 1.43 bits per heavy atom. The third-order valence-corrected chi connectivity index (χ3v) is 4.64. The lowest BCUT2D eigenvalue weighted by Gasteiger charge is -1.92. The van der Waals surface area contributed by atoms with Gasteiger partial charge >= 0.3 is 0 Å². The second-order valence-electron chi connectivity index (χ2n) is 6.66. The molecule has 30 heavy (non-hydrogen) atoms. The number of aromatic amines is 2. The number of nitrogen functional groups attached to an aromatic ring is 2. The third kappa shape index (κ3) is 3.77. The minimum atomic E-state index is 0.582. The Kier molecular flexibility index (Phi) is 5.00. The molecule has 0 amide bonds. The molecule has 7 nitrogen and oxygen atoms in total. The van der Waals surface area contributed by atoms with Crippen LogP contribution in [0.3, 0.4) is 0 Å². The van der Waals surface area contributed by atoms with Gasteiger partial charge in [-0.1, -0.05) is 25.3 Å². The molecule has 7 heteroatoms. The predicted octanol–water partition coefficient (Wildman–Crippen LogP) is 4.42. The van der Waals surface area contributed by atoms with Crippen molar-refractivity contribution in [2.75, 3.05) is 11.5 Å². The number of hydrogen-bond donors (Lipinski definition) is 4. The lowest BCUT2D eigenvalue weighted by Crippen LogP contribution is -1.82. The van der Waals surface area contributed by atoms with Gasteiger partial charge in [0.1, 0.15) is 17.3 Å². The second kappa shape index (κ2) is 7.92. The molecule has 0 bridgehead atoms. The summed E-state index contributed by atoms with van der Waals surface area (Å²) < 4.78 is 0. The summed E-state index contributed by atoms with van der Waals surface area (Å²) in [4.78, 5) is 10.7. The lowest BCUT2D eigenvalue weighted by atomic mass is 10.1. The topological polar surface area (TPSA) is 122 Å². The van der Waals surface area contributed by atoms with E-state index in [1.54, 1.807) is 18.3 Å². The number of aromatic nitrogens is 5. The number of nitrogens with two attached hydrogens (primary N) is 2. The number of nitrogens with zero attached hydrogens (tertiary/aromatic N) is 3. The van der Waals surface area contributed by atoms with Crippen LogP contribution in [0.1, 0.15) is 33.9 Å². The summed E-state index contributed by atoms with van der Waals surface area (Å²) >= 11 is 0. The van der Waals surface area contributed by atoms with E-state index in [4.69, 9.17) is 11.5 Å². The van der Waals surface area contributed by atoms with Gasteiger partial charge in [0.2, 0.25) is 0 Å². The molecule has 0 aromatic carbocycles. The van der Waals surface area contributed by atoms with Crippen molar-refractivity contribution < 1.29 is 0 Å². The lowest BCUT2D eigenvalue weighted by molar-refractivity contribution is 1.08. The summed E-state index contributed by atoms with van der Waals surface area (Å²) in [6, 6.07) is 7.54. The van der Waals surface area contributed by atoms with E-state index in [1.807, 2.05) is 48.6 Å². The molecule has 0 saturated carbocycles. The van der Waals surface area contributed by atoms with Crippen LogP contribution in [0, 0.1) is 0 Å². The zero-order chi connectivity index (χ0) is 21.1. The average Bonchev–Trinajstić information content (AvgIpc) is 3.37. The van der Waals surface area contributed by atoms with E-state index in [1.165, 1.54) is 0 Å². The van der Waals surface area contributed by atoms with Crippen molar-refractivity contribution in [3.8, 4) is 11.3 Å². The molecule has 2 aromatic heterocycles. The first-order valence-electron chi connectivity index (χ1n) is 9.28. The van der Waals surface area contributed by atoms with Gasteiger partial charge in [-0.15, -0.1) is 10.2 Å². The van der Waals surface area contributed by atoms with Gasteiger partial charge in [-0.3, -0.25) is 4.98 Å². The quantitative estimate of drug-likeness (QED) is 0.385. The Bertz CT molecular complexity index is 1260. The number of rotatable bonds is 6. The van der Waals surface area contributed by atoms with Crippen molar-refractivity contribution in [1.29, 1.82) is 0 Å². The van der Waals surface area contributed by atoms with Gasteiger partial charge < -0.3 is 21.4 Å². The molecule has 6 N–H and O–H groups in total. The highest BCUT2D eigenvalue weighted by molar-refractivity contribution is 5.80. The fourth-order valence-corrected chi connectivity index (χ4v) is 3.14. The summed E-state index contributed by atoms with van der Waals surface area (Å²) in [5.74, 6) is 1.17. The van der Waals surface area contributed by atoms with Crippen LogP contribution in [0.25, 0.3) is 47.7 Å². The maximum Gasteiger partial charge on any atom is 0.113 e. The third-order valence-electron chi connectivity index (χ3n) is 4.64. The summed E-state index contributed by atoms with van der Waals surface area (Å²) in [5.41, 5.74) is 18.4. The molecule has 2 aliphatic heterocycles. The molecule has 2 aromatic rings. The van der Waals surface area contributed by atoms with Gasteiger partial charge in [-0.25, -0.2) is 0 Å². The van der Waals surface area contributed by atoms with Crippen LogP contribution in [0.5, 0.6) is 0 Å². The van der Waals surface area contributed by atoms with Gasteiger partial charge in [-0.05, 0) is 48.6 Å². The number of hydrogen-bond acceptors (Lipinski definition) is 5. The van der Waals surface area contributed by atoms with E-state index < -0.39 is 0 Å². The molecule has 0 spiro atoms. The number of anilines is 2. The molecular formula is C23H21N7. The van der Waals surface area contributed by atoms with Gasteiger partial charge in [0.15, 0.2) is 0 Å². The van der Waals surface area contributed by atoms with Crippen LogP contribution >= 0.6 is 0 Å². The van der Waals surface area contributed by atoms with Gasteiger partial charge in [0.25, 0.3) is 0 Å². The van der Waals surface area contributed by atoms with E-state index in [9.17, 15) is 0 Å². The molecule has 4 rings (SSSR count). The monoisotopic (exact) mass is 395 g/mol. The minimum absolute atomic E-state index is 0.582. The van der Waals surface area contributed by atoms with E-state index in [0.717, 1.165) is 39.5 Å². The molecule has 0 fully saturated rings. The summed E-state index contributed by atoms with van der Waals surface area (Å²) in [6.45, 7) is 7.60. The minimum Gasteiger partial charge on any atom is -0.385 e. The molecular weight excluding hydrogens is 374 g/mol. The first kappa shape index (κ1) is 18.9. The van der Waals surface area contributed by atoms with Gasteiger partial charge in [0, 0.05) is 28.1 Å². The molecule has 0 atom stereocenters. The van der Waals surface area contributed by atoms with Crippen molar-refractivity contribution in [3.05, 3.63) is 77.5 Å². The Morgan fingerprint density at radius 1 is 0.800 bits per heavy atom. The molecule has 0 aliphatic carbocycles. The molecule has 0 saturated heterocycles. The highest BCUT2D eigenvalue weighted by Crippen LogP contribution is 2.25. The SMILES string of the molecule is C=Cc1cc(N)[nH]c1/C=C/c1ccc2c(/C=C/c3[nH]c(N)cc3C=C)nnc-2cn1. The normalized spacial score (nSPS) is 11.6. The Hall–Kier alpha value is -4.39. The van der Waals surface area contributed by atoms with Crippen molar-refractivity contribution in [2.24, 2.45) is 0 Å². The van der Waals surface area contributed by atoms with Crippen molar-refractivity contribution in [3.63, 3.8) is 0 Å². The Labute approximate surface area is 173 Å². The molecule has 0 unspecified atom stereocenters. The zero-order valence-corrected chi connectivity index (χ0v) is 16.3. The van der Waals surface area contributed by atoms with Crippen molar-refractivity contribution in [1.82, 2.24) is 25.1 Å². The first-order chi connectivity index (χ1) is 14.6. The van der Waals surface area contributed by atoms with Crippen LogP contribution in [0.15, 0.2) is 43.6 Å². The second-order valence-corrected chi connectivity index (χ2v) is 6.66. The number of fused-ring (bicyclic) bond motifs is 1. The largest absolute Gasteiger partial charge is 0.385 e. The van der Waals surface area contributed by atoms with Crippen molar-refractivity contribution in [2.45, 2.75) is 0 Å². The van der Waals surface area contributed by atoms with Crippen LogP contribution in [-0.2, 0) is 0 Å². The Balaban J connectivity index is 1.62. The van der Waals surface area contributed by atoms with Gasteiger partial charge in [-0.2, -0.15) is 0 Å². The van der Waals surface area contributed by atoms with E-state index in [-0.39, 0.29) is 0 Å². The van der Waals surface area contributed by atoms with Gasteiger partial charge in [0.05, 0.1) is 17.6 Å². The van der Waals surface area contributed by atoms with E-state index in [0.29, 0.717) is 17.3 Å². The summed E-state index contributed by atoms with van der Waals surface area (Å²) in [5, 5.41) is 8.48. The molecule has 2 aliphatic rings. The first-order valence-corrected chi connectivity index (χ1v) is 9.28. The molecule has 148 valence electrons. The molecule has 0 radical (unpaired) electrons. The van der Waals surface area contributed by atoms with Crippen LogP contribution < -0.4 is 11.5 Å². The Morgan fingerprint density at radius 3 is 2.07 bits per heavy atom. The van der Waals surface area contributed by atoms with E-state index in [2.05, 4.69) is 38.3 Å². The standard InChI is InChI=1S/C23H21N7/c1-3-14-11-22(24)27-18(14)8-6-16-5-7-17-20(29-30-21(17)13-26-16)10-9-19-15(4-2)12-23(25)28-19/h3-13,27-28H,1-2,24-25H2/b8-6+,10-9+. The number of H-pyrrole nitrogens is 2. The smallest absolute Gasteiger partial charge is 0.113 e. The fraction of sp³-hybridized carbons (Fsp3) is 0. The summed E-state index contributed by atoms with van der Waals surface area (Å²) in [7, 11) is 0. The zero-order valence-electron chi connectivity index (χ0n) is 16.3. The maximum atomic E-state index is 5.82. The van der Waals surface area contributed by atoms with Crippen LogP contribution in [0.2, 0.25) is 0 Å². The average molecular weight is 395 g/mol. The van der Waals surface area contributed by atoms with Crippen LogP contribution in [0.4, 0.5) is 11.6 Å². The highest BCUT2D eigenvalue weighted by Gasteiger charge is 2.11. The maximum absolute atomic E-state index is 5.82. The summed E-state index contributed by atoms with van der Waals surface area (Å²) in [6.07, 6.45) is 12.8.